The van der Waals surface area contributed by atoms with Crippen LogP contribution in [0.3, 0.4) is 0 Å². The van der Waals surface area contributed by atoms with E-state index in [1.165, 1.54) is 24.2 Å². The van der Waals surface area contributed by atoms with Crippen LogP contribution in [0.5, 0.6) is 0 Å². The Hall–Kier alpha value is -0.966. The lowest BCUT2D eigenvalue weighted by atomic mass is 10.1. The van der Waals surface area contributed by atoms with Gasteiger partial charge in [-0.25, -0.2) is 4.79 Å². The fourth-order valence-electron chi connectivity index (χ4n) is 4.34. The van der Waals surface area contributed by atoms with Gasteiger partial charge in [0, 0.05) is 18.2 Å². The number of nitrogens with one attached hydrogen (secondary N) is 1. The quantitative estimate of drug-likeness (QED) is 0.491. The summed E-state index contributed by atoms with van der Waals surface area (Å²) < 4.78 is 14.9. The van der Waals surface area contributed by atoms with Gasteiger partial charge in [0.05, 0.1) is 20.3 Å². The molecule has 6 nitrogen and oxygen atoms in total. The van der Waals surface area contributed by atoms with Gasteiger partial charge in [0.2, 0.25) is 0 Å². The first-order chi connectivity index (χ1) is 14.3. The molecule has 31 heavy (non-hydrogen) atoms. The highest BCUT2D eigenvalue weighted by atomic mass is 28.4. The third-order valence-electron chi connectivity index (χ3n) is 8.10. The summed E-state index contributed by atoms with van der Waals surface area (Å²) in [6, 6.07) is 5.11. The Balaban J connectivity index is 2.32. The largest absolute Gasteiger partial charge is 0.411 e. The maximum atomic E-state index is 12.5. The van der Waals surface area contributed by atoms with Gasteiger partial charge in [-0.2, -0.15) is 0 Å². The van der Waals surface area contributed by atoms with E-state index in [9.17, 15) is 9.59 Å². The van der Waals surface area contributed by atoms with Crippen molar-refractivity contribution in [2.75, 3.05) is 0 Å². The lowest BCUT2D eigenvalue weighted by Gasteiger charge is -2.39. The summed E-state index contributed by atoms with van der Waals surface area (Å²) in [6.45, 7) is 20.0. The number of aromatic nitrogens is 2. The minimum absolute atomic E-state index is 0.0187. The van der Waals surface area contributed by atoms with Gasteiger partial charge >= 0.3 is 5.69 Å². The summed E-state index contributed by atoms with van der Waals surface area (Å²) in [7, 11) is -3.27. The predicted molar refractivity (Wildman–Crippen MR) is 133 cm³/mol. The molecule has 1 aromatic rings. The van der Waals surface area contributed by atoms with Crippen LogP contribution in [0.2, 0.25) is 42.3 Å². The third kappa shape index (κ3) is 5.89. The molecule has 1 aromatic heterocycles. The monoisotopic (exact) mass is 468 g/mol. The van der Waals surface area contributed by atoms with Gasteiger partial charge in [-0.3, -0.25) is 14.3 Å². The second-order valence-corrected chi connectivity index (χ2v) is 21.2. The molecule has 0 aromatic carbocycles. The zero-order valence-electron chi connectivity index (χ0n) is 21.1. The van der Waals surface area contributed by atoms with Gasteiger partial charge in [-0.15, -0.1) is 0 Å². The van der Waals surface area contributed by atoms with Gasteiger partial charge in [0.25, 0.3) is 5.56 Å². The summed E-state index contributed by atoms with van der Waals surface area (Å²) >= 11 is 0. The standard InChI is InChI=1S/C23H44N2O4Si2/c1-10-31(11-2,12-3)14-13-18-19(29-30(8,9)23(5,6)7)15-20(28-18)25-16-17(4)21(26)24-22(25)27/h16,18-20H,10-15H2,1-9H3,(H,24,26,27). The Morgan fingerprint density at radius 2 is 1.74 bits per heavy atom. The molecule has 0 amide bonds. The summed E-state index contributed by atoms with van der Waals surface area (Å²) in [5, 5.41) is 0.107. The fraction of sp³-hybridized carbons (Fsp3) is 0.826. The molecule has 1 fully saturated rings. The number of rotatable bonds is 9. The van der Waals surface area contributed by atoms with E-state index < -0.39 is 28.3 Å². The number of hydrogen-bond acceptors (Lipinski definition) is 4. The van der Waals surface area contributed by atoms with Gasteiger partial charge in [0.15, 0.2) is 8.32 Å². The average Bonchev–Trinajstić information content (AvgIpc) is 3.07. The molecule has 1 saturated heterocycles. The smallest absolute Gasteiger partial charge is 0.330 e. The molecule has 0 saturated carbocycles. The minimum atomic E-state index is -1.99. The van der Waals surface area contributed by atoms with Gasteiger partial charge < -0.3 is 9.16 Å². The Bertz CT molecular complexity index is 844. The number of ether oxygens (including phenoxy) is 1. The predicted octanol–water partition coefficient (Wildman–Crippen LogP) is 5.42. The number of nitrogens with zero attached hydrogens (tertiary/aromatic N) is 1. The van der Waals surface area contributed by atoms with Crippen LogP contribution in [0.1, 0.15) is 66.2 Å². The number of aromatic amines is 1. The molecule has 0 spiro atoms. The summed E-state index contributed by atoms with van der Waals surface area (Å²) in [4.78, 5) is 26.7. The molecular weight excluding hydrogens is 424 g/mol. The van der Waals surface area contributed by atoms with Crippen molar-refractivity contribution in [3.05, 3.63) is 32.6 Å². The van der Waals surface area contributed by atoms with Crippen molar-refractivity contribution in [2.45, 2.75) is 122 Å². The van der Waals surface area contributed by atoms with Gasteiger partial charge in [-0.1, -0.05) is 65.7 Å². The highest BCUT2D eigenvalue weighted by molar-refractivity contribution is 6.79. The number of aryl methyl sites for hydroxylation is 1. The maximum absolute atomic E-state index is 12.5. The van der Waals surface area contributed by atoms with E-state index in [-0.39, 0.29) is 22.8 Å². The van der Waals surface area contributed by atoms with Crippen LogP contribution >= 0.6 is 0 Å². The lowest BCUT2D eigenvalue weighted by Crippen LogP contribution is -2.46. The molecule has 2 rings (SSSR count). The zero-order chi connectivity index (χ0) is 23.6. The average molecular weight is 469 g/mol. The third-order valence-corrected chi connectivity index (χ3v) is 18.5. The van der Waals surface area contributed by atoms with E-state index in [1.54, 1.807) is 17.7 Å². The molecule has 1 aliphatic rings. The SMILES string of the molecule is CC[Si](CC)(CC)CCC1OC(n2cc(C)c(=O)[nH]c2=O)CC1O[Si](C)(C)C(C)(C)C. The zero-order valence-corrected chi connectivity index (χ0v) is 23.1. The molecule has 0 bridgehead atoms. The van der Waals surface area contributed by atoms with Gasteiger partial charge in [0.1, 0.15) is 6.23 Å². The van der Waals surface area contributed by atoms with E-state index in [2.05, 4.69) is 59.6 Å². The maximum Gasteiger partial charge on any atom is 0.330 e. The van der Waals surface area contributed by atoms with Crippen molar-refractivity contribution in [3.63, 3.8) is 0 Å². The van der Waals surface area contributed by atoms with Crippen molar-refractivity contribution >= 4 is 16.4 Å². The van der Waals surface area contributed by atoms with E-state index in [4.69, 9.17) is 9.16 Å². The first-order valence-electron chi connectivity index (χ1n) is 11.9. The highest BCUT2D eigenvalue weighted by Gasteiger charge is 2.45. The van der Waals surface area contributed by atoms with E-state index >= 15 is 0 Å². The van der Waals surface area contributed by atoms with Crippen LogP contribution in [0.4, 0.5) is 0 Å². The number of H-pyrrole nitrogens is 1. The van der Waals surface area contributed by atoms with Crippen LogP contribution in [0.25, 0.3) is 0 Å². The van der Waals surface area contributed by atoms with Crippen molar-refractivity contribution in [1.82, 2.24) is 9.55 Å². The molecule has 178 valence electrons. The Morgan fingerprint density at radius 1 is 1.16 bits per heavy atom. The topological polar surface area (TPSA) is 73.3 Å². The van der Waals surface area contributed by atoms with Crippen molar-refractivity contribution in [3.8, 4) is 0 Å². The van der Waals surface area contributed by atoms with Crippen molar-refractivity contribution < 1.29 is 9.16 Å². The molecular formula is C23H44N2O4Si2. The molecule has 8 heteroatoms. The summed E-state index contributed by atoms with van der Waals surface area (Å²) in [5.41, 5.74) is -0.232. The Labute approximate surface area is 189 Å². The van der Waals surface area contributed by atoms with Crippen LogP contribution in [-0.4, -0.2) is 38.2 Å². The van der Waals surface area contributed by atoms with E-state index in [0.717, 1.165) is 6.42 Å². The van der Waals surface area contributed by atoms with E-state index in [1.807, 2.05) is 0 Å². The Kier molecular flexibility index (Phi) is 8.39. The van der Waals surface area contributed by atoms with Crippen LogP contribution in [0, 0.1) is 6.92 Å². The molecule has 3 unspecified atom stereocenters. The van der Waals surface area contributed by atoms with Crippen LogP contribution < -0.4 is 11.2 Å². The molecule has 2 heterocycles. The minimum Gasteiger partial charge on any atom is -0.411 e. The van der Waals surface area contributed by atoms with Gasteiger partial charge in [-0.05, 0) is 31.5 Å². The summed E-state index contributed by atoms with van der Waals surface area (Å²) in [5.74, 6) is 0. The van der Waals surface area contributed by atoms with Crippen LogP contribution in [-0.2, 0) is 9.16 Å². The van der Waals surface area contributed by atoms with E-state index in [0.29, 0.717) is 12.0 Å². The van der Waals surface area contributed by atoms with Crippen LogP contribution in [0.15, 0.2) is 15.8 Å². The molecule has 1 aliphatic heterocycles. The normalized spacial score (nSPS) is 22.8. The molecule has 3 atom stereocenters. The number of hydrogen-bond donors (Lipinski definition) is 1. The van der Waals surface area contributed by atoms with Crippen molar-refractivity contribution in [1.29, 1.82) is 0 Å². The highest BCUT2D eigenvalue weighted by Crippen LogP contribution is 2.42. The molecule has 0 radical (unpaired) electrons. The fourth-order valence-corrected chi connectivity index (χ4v) is 9.15. The first kappa shape index (κ1) is 26.3. The lowest BCUT2D eigenvalue weighted by molar-refractivity contribution is -0.0200. The first-order valence-corrected chi connectivity index (χ1v) is 17.7. The Morgan fingerprint density at radius 3 is 2.26 bits per heavy atom. The second kappa shape index (κ2) is 9.89. The molecule has 1 N–H and O–H groups in total. The molecule has 0 aliphatic carbocycles. The van der Waals surface area contributed by atoms with Crippen molar-refractivity contribution in [2.24, 2.45) is 0 Å². The summed E-state index contributed by atoms with van der Waals surface area (Å²) in [6.07, 6.45) is 2.80. The second-order valence-electron chi connectivity index (χ2n) is 10.9.